The highest BCUT2D eigenvalue weighted by Crippen LogP contribution is 2.39. The van der Waals surface area contributed by atoms with Gasteiger partial charge in [0.2, 0.25) is 5.89 Å². The number of rotatable bonds is 8. The topological polar surface area (TPSA) is 77.8 Å². The summed E-state index contributed by atoms with van der Waals surface area (Å²) in [6, 6.07) is 76.2. The first-order valence-electron chi connectivity index (χ1n) is 21.0. The Bertz CT molecular complexity index is 3530. The minimum absolute atomic E-state index is 0.492. The first-order chi connectivity index (χ1) is 31.2. The van der Waals surface area contributed by atoms with Gasteiger partial charge >= 0.3 is 0 Å². The van der Waals surface area contributed by atoms with Crippen LogP contribution >= 0.6 is 0 Å². The molecule has 0 fully saturated rings. The van der Waals surface area contributed by atoms with Gasteiger partial charge in [0.1, 0.15) is 16.7 Å². The third-order valence-corrected chi connectivity index (χ3v) is 16.9. The third kappa shape index (κ3) is 6.09. The quantitative estimate of drug-likeness (QED) is 0.112. The zero-order valence-corrected chi connectivity index (χ0v) is 34.9. The summed E-state index contributed by atoms with van der Waals surface area (Å²) in [6.45, 7) is 0. The largest absolute Gasteiger partial charge is 0.456 e. The normalized spacial score (nSPS) is 11.8. The van der Waals surface area contributed by atoms with Gasteiger partial charge < -0.3 is 8.83 Å². The number of benzene rings is 9. The van der Waals surface area contributed by atoms with Crippen molar-refractivity contribution in [2.45, 2.75) is 0 Å². The summed E-state index contributed by atoms with van der Waals surface area (Å²) < 4.78 is 13.0. The molecule has 0 atom stereocenters. The number of furan rings is 1. The van der Waals surface area contributed by atoms with E-state index in [4.69, 9.17) is 28.8 Å². The average Bonchev–Trinajstić information content (AvgIpc) is 3.99. The summed E-state index contributed by atoms with van der Waals surface area (Å²) >= 11 is 0. The van der Waals surface area contributed by atoms with Gasteiger partial charge in [-0.1, -0.05) is 188 Å². The molecule has 9 aromatic carbocycles. The van der Waals surface area contributed by atoms with Gasteiger partial charge in [0.25, 0.3) is 0 Å². The van der Waals surface area contributed by atoms with Crippen molar-refractivity contribution in [2.75, 3.05) is 0 Å². The van der Waals surface area contributed by atoms with Gasteiger partial charge in [0.15, 0.2) is 31.1 Å². The second-order valence-corrected chi connectivity index (χ2v) is 19.5. The van der Waals surface area contributed by atoms with Crippen LogP contribution in [-0.4, -0.2) is 28.0 Å². The second-order valence-electron chi connectivity index (χ2n) is 15.7. The molecule has 0 amide bonds. The SMILES string of the molecule is c1ccc(-c2nc3c(-c4nc(-c5cccc([Si](c6ccccc6)(c6ccccc6)c6ccccc6)c5)nc(-c5cccc6oc7ccccc7c56)n4)cc4ccccc4c3o2)cc1. The summed E-state index contributed by atoms with van der Waals surface area (Å²) in [7, 11) is -2.88. The fourth-order valence-corrected chi connectivity index (χ4v) is 14.1. The van der Waals surface area contributed by atoms with Crippen molar-refractivity contribution in [3.05, 3.63) is 218 Å². The molecule has 7 heteroatoms. The Hall–Kier alpha value is -8.26. The number of fused-ring (bicyclic) bond motifs is 6. The lowest BCUT2D eigenvalue weighted by Gasteiger charge is -2.34. The van der Waals surface area contributed by atoms with Crippen LogP contribution in [0.1, 0.15) is 0 Å². The molecule has 3 heterocycles. The van der Waals surface area contributed by atoms with Crippen LogP contribution in [0.25, 0.3) is 89.4 Å². The highest BCUT2D eigenvalue weighted by Gasteiger charge is 2.41. The minimum Gasteiger partial charge on any atom is -0.456 e. The molecule has 6 nitrogen and oxygen atoms in total. The van der Waals surface area contributed by atoms with E-state index < -0.39 is 8.07 Å². The van der Waals surface area contributed by atoms with Crippen LogP contribution in [0.5, 0.6) is 0 Å². The lowest BCUT2D eigenvalue weighted by atomic mass is 10.0. The second kappa shape index (κ2) is 15.0. The number of oxazole rings is 1. The fraction of sp³-hybridized carbons (Fsp3) is 0. The van der Waals surface area contributed by atoms with Crippen LogP contribution in [0.4, 0.5) is 0 Å². The molecule has 0 radical (unpaired) electrons. The Labute approximate surface area is 363 Å². The predicted molar refractivity (Wildman–Crippen MR) is 258 cm³/mol. The van der Waals surface area contributed by atoms with Gasteiger partial charge in [-0.15, -0.1) is 0 Å². The van der Waals surface area contributed by atoms with Crippen LogP contribution < -0.4 is 20.7 Å². The van der Waals surface area contributed by atoms with Crippen molar-refractivity contribution in [3.63, 3.8) is 0 Å². The van der Waals surface area contributed by atoms with E-state index in [0.717, 1.165) is 55.0 Å². The molecule has 3 aromatic heterocycles. The monoisotopic (exact) mass is 824 g/mol. The number of nitrogens with zero attached hydrogens (tertiary/aromatic N) is 4. The molecule has 0 aliphatic carbocycles. The number of para-hydroxylation sites is 1. The van der Waals surface area contributed by atoms with Crippen molar-refractivity contribution in [3.8, 4) is 45.6 Å². The van der Waals surface area contributed by atoms with Gasteiger partial charge in [-0.2, -0.15) is 0 Å². The Balaban J connectivity index is 1.15. The summed E-state index contributed by atoms with van der Waals surface area (Å²) in [4.78, 5) is 21.3. The molecular formula is C56H36N4O2Si. The van der Waals surface area contributed by atoms with Crippen LogP contribution in [0.15, 0.2) is 227 Å². The van der Waals surface area contributed by atoms with Crippen molar-refractivity contribution in [1.82, 2.24) is 19.9 Å². The zero-order chi connectivity index (χ0) is 41.7. The number of aromatic nitrogens is 4. The van der Waals surface area contributed by atoms with Gasteiger partial charge in [0, 0.05) is 38.4 Å². The molecule has 0 spiro atoms. The van der Waals surface area contributed by atoms with E-state index in [1.54, 1.807) is 0 Å². The standard InChI is InChI=1S/C56H36N4O2Si/c1-5-19-37(20-6-1)56-57-51-47(36-38-21-13-14-30-44(38)52(51)62-56)55-59-53(58-54(60-55)46-32-18-34-49-50(46)45-31-15-16-33-48(45)61-49)39-22-17-29-43(35-39)63(40-23-7-2-8-24-40,41-25-9-3-10-26-41)42-27-11-4-12-28-42/h1-36H. The van der Waals surface area contributed by atoms with Crippen molar-refractivity contribution >= 4 is 72.6 Å². The molecule has 12 aromatic rings. The van der Waals surface area contributed by atoms with E-state index in [2.05, 4.69) is 146 Å². The number of hydrogen-bond donors (Lipinski definition) is 0. The van der Waals surface area contributed by atoms with Crippen LogP contribution in [0.2, 0.25) is 0 Å². The first kappa shape index (κ1) is 36.6. The van der Waals surface area contributed by atoms with Crippen LogP contribution in [0, 0.1) is 0 Å². The third-order valence-electron chi connectivity index (χ3n) is 12.1. The minimum atomic E-state index is -2.88. The van der Waals surface area contributed by atoms with Crippen LogP contribution in [-0.2, 0) is 0 Å². The molecule has 63 heavy (non-hydrogen) atoms. The number of hydrogen-bond acceptors (Lipinski definition) is 6. The van der Waals surface area contributed by atoms with E-state index in [1.807, 2.05) is 72.8 Å². The maximum Gasteiger partial charge on any atom is 0.227 e. The van der Waals surface area contributed by atoms with Crippen molar-refractivity contribution in [2.24, 2.45) is 0 Å². The lowest BCUT2D eigenvalue weighted by Crippen LogP contribution is -2.74. The van der Waals surface area contributed by atoms with Gasteiger partial charge in [-0.05, 0) is 56.5 Å². The predicted octanol–water partition coefficient (Wildman–Crippen LogP) is 11.1. The molecule has 0 bridgehead atoms. The van der Waals surface area contributed by atoms with E-state index in [0.29, 0.717) is 34.5 Å². The molecule has 0 aliphatic heterocycles. The molecule has 12 rings (SSSR count). The Morgan fingerprint density at radius 1 is 0.349 bits per heavy atom. The highest BCUT2D eigenvalue weighted by atomic mass is 28.3. The van der Waals surface area contributed by atoms with Gasteiger partial charge in [-0.25, -0.2) is 19.9 Å². The lowest BCUT2D eigenvalue weighted by molar-refractivity contribution is 0.623. The van der Waals surface area contributed by atoms with Crippen molar-refractivity contribution in [1.29, 1.82) is 0 Å². The van der Waals surface area contributed by atoms with Crippen molar-refractivity contribution < 1.29 is 8.83 Å². The summed E-state index contributed by atoms with van der Waals surface area (Å²) in [5.74, 6) is 2.10. The Morgan fingerprint density at radius 2 is 0.873 bits per heavy atom. The van der Waals surface area contributed by atoms with E-state index in [-0.39, 0.29) is 0 Å². The summed E-state index contributed by atoms with van der Waals surface area (Å²) in [5, 5.41) is 8.98. The zero-order valence-electron chi connectivity index (χ0n) is 33.9. The molecule has 0 saturated carbocycles. The van der Waals surface area contributed by atoms with E-state index >= 15 is 0 Å². The average molecular weight is 825 g/mol. The van der Waals surface area contributed by atoms with Gasteiger partial charge in [0.05, 0.1) is 0 Å². The summed E-state index contributed by atoms with van der Waals surface area (Å²) in [5.41, 5.74) is 6.30. The first-order valence-corrected chi connectivity index (χ1v) is 23.0. The van der Waals surface area contributed by atoms with Crippen LogP contribution in [0.3, 0.4) is 0 Å². The molecule has 296 valence electrons. The molecule has 0 N–H and O–H groups in total. The van der Waals surface area contributed by atoms with E-state index in [1.165, 1.54) is 20.7 Å². The Kier molecular flexibility index (Phi) is 8.72. The molecule has 0 aliphatic rings. The van der Waals surface area contributed by atoms with Gasteiger partial charge in [-0.3, -0.25) is 0 Å². The highest BCUT2D eigenvalue weighted by molar-refractivity contribution is 7.19. The molecular weight excluding hydrogens is 789 g/mol. The van der Waals surface area contributed by atoms with E-state index in [9.17, 15) is 0 Å². The molecule has 0 saturated heterocycles. The maximum absolute atomic E-state index is 6.64. The fourth-order valence-electron chi connectivity index (χ4n) is 9.28. The smallest absolute Gasteiger partial charge is 0.227 e. The maximum atomic E-state index is 6.64. The summed E-state index contributed by atoms with van der Waals surface area (Å²) in [6.07, 6.45) is 0. The molecule has 0 unspecified atom stereocenters. The Morgan fingerprint density at radius 3 is 1.57 bits per heavy atom.